The van der Waals surface area contributed by atoms with Gasteiger partial charge in [-0.25, -0.2) is 4.39 Å². The van der Waals surface area contributed by atoms with Crippen molar-refractivity contribution in [1.29, 1.82) is 0 Å². The minimum absolute atomic E-state index is 0.0363. The molecular weight excluding hydrogens is 343 g/mol. The summed E-state index contributed by atoms with van der Waals surface area (Å²) in [5.74, 6) is 0.590. The molecule has 1 N–H and O–H groups in total. The Bertz CT molecular complexity index is 744. The van der Waals surface area contributed by atoms with Gasteiger partial charge < -0.3 is 10.1 Å². The van der Waals surface area contributed by atoms with Gasteiger partial charge in [-0.05, 0) is 75.2 Å². The van der Waals surface area contributed by atoms with Gasteiger partial charge in [0.15, 0.2) is 0 Å². The number of amides is 1. The molecule has 0 aliphatic carbocycles. The molecule has 1 unspecified atom stereocenters. The highest BCUT2D eigenvalue weighted by Crippen LogP contribution is 2.22. The van der Waals surface area contributed by atoms with Gasteiger partial charge in [0.1, 0.15) is 11.6 Å². The lowest BCUT2D eigenvalue weighted by molar-refractivity contribution is -0.121. The third-order valence-corrected chi connectivity index (χ3v) is 4.69. The predicted molar refractivity (Wildman–Crippen MR) is 105 cm³/mol. The molecule has 0 saturated carbocycles. The van der Waals surface area contributed by atoms with Crippen LogP contribution in [0.1, 0.15) is 32.3 Å². The summed E-state index contributed by atoms with van der Waals surface area (Å²) < 4.78 is 18.7. The van der Waals surface area contributed by atoms with Gasteiger partial charge in [-0.2, -0.15) is 0 Å². The molecule has 1 aliphatic rings. The first-order chi connectivity index (χ1) is 13.0. The number of ether oxygens (including phenoxy) is 1. The van der Waals surface area contributed by atoms with Crippen molar-refractivity contribution in [2.24, 2.45) is 5.92 Å². The van der Waals surface area contributed by atoms with Crippen LogP contribution >= 0.6 is 0 Å². The van der Waals surface area contributed by atoms with Crippen molar-refractivity contribution < 1.29 is 13.9 Å². The summed E-state index contributed by atoms with van der Waals surface area (Å²) in [6.07, 6.45) is 2.00. The minimum Gasteiger partial charge on any atom is -0.491 e. The van der Waals surface area contributed by atoms with E-state index in [1.54, 1.807) is 12.1 Å². The van der Waals surface area contributed by atoms with Crippen LogP contribution in [0.4, 0.5) is 10.1 Å². The summed E-state index contributed by atoms with van der Waals surface area (Å²) in [7, 11) is 0. The SMILES string of the molecule is CC(C)Oc1ccc(NC(=O)C2CCCN(Cc3ccc(F)cc3)C2)cc1. The first-order valence-electron chi connectivity index (χ1n) is 9.54. The summed E-state index contributed by atoms with van der Waals surface area (Å²) in [6.45, 7) is 6.39. The van der Waals surface area contributed by atoms with Gasteiger partial charge in [-0.15, -0.1) is 0 Å². The van der Waals surface area contributed by atoms with Crippen LogP contribution in [0.15, 0.2) is 48.5 Å². The number of likely N-dealkylation sites (tertiary alicyclic amines) is 1. The van der Waals surface area contributed by atoms with Crippen LogP contribution in [0.5, 0.6) is 5.75 Å². The normalized spacial score (nSPS) is 17.7. The summed E-state index contributed by atoms with van der Waals surface area (Å²) in [5.41, 5.74) is 1.85. The van der Waals surface area contributed by atoms with Crippen LogP contribution in [0.25, 0.3) is 0 Å². The van der Waals surface area contributed by atoms with Gasteiger partial charge in [0.25, 0.3) is 0 Å². The fourth-order valence-electron chi connectivity index (χ4n) is 3.39. The molecule has 27 heavy (non-hydrogen) atoms. The lowest BCUT2D eigenvalue weighted by Crippen LogP contribution is -2.40. The first kappa shape index (κ1) is 19.4. The second kappa shape index (κ2) is 9.00. The van der Waals surface area contributed by atoms with E-state index < -0.39 is 0 Å². The second-order valence-electron chi connectivity index (χ2n) is 7.38. The topological polar surface area (TPSA) is 41.6 Å². The number of carbonyl (C=O) groups excluding carboxylic acids is 1. The summed E-state index contributed by atoms with van der Waals surface area (Å²) in [4.78, 5) is 14.9. The Morgan fingerprint density at radius 1 is 1.19 bits per heavy atom. The maximum absolute atomic E-state index is 13.1. The highest BCUT2D eigenvalue weighted by molar-refractivity contribution is 5.92. The minimum atomic E-state index is -0.223. The lowest BCUT2D eigenvalue weighted by Gasteiger charge is -2.32. The Kier molecular flexibility index (Phi) is 6.45. The highest BCUT2D eigenvalue weighted by Gasteiger charge is 2.25. The molecule has 1 fully saturated rings. The monoisotopic (exact) mass is 370 g/mol. The number of carbonyl (C=O) groups is 1. The molecule has 2 aromatic carbocycles. The Balaban J connectivity index is 1.54. The van der Waals surface area contributed by atoms with E-state index in [2.05, 4.69) is 10.2 Å². The molecule has 0 radical (unpaired) electrons. The fourth-order valence-corrected chi connectivity index (χ4v) is 3.39. The Hall–Kier alpha value is -2.40. The van der Waals surface area contributed by atoms with Crippen molar-refractivity contribution in [3.8, 4) is 5.75 Å². The maximum Gasteiger partial charge on any atom is 0.228 e. The third-order valence-electron chi connectivity index (χ3n) is 4.69. The average molecular weight is 370 g/mol. The van der Waals surface area contributed by atoms with Crippen molar-refractivity contribution in [3.05, 3.63) is 59.9 Å². The predicted octanol–water partition coefficient (Wildman–Crippen LogP) is 4.46. The molecule has 2 aromatic rings. The largest absolute Gasteiger partial charge is 0.491 e. The van der Waals surface area contributed by atoms with Crippen LogP contribution < -0.4 is 10.1 Å². The van der Waals surface area contributed by atoms with Gasteiger partial charge in [-0.1, -0.05) is 12.1 Å². The van der Waals surface area contributed by atoms with Crippen molar-refractivity contribution in [3.63, 3.8) is 0 Å². The van der Waals surface area contributed by atoms with Crippen LogP contribution in [-0.2, 0) is 11.3 Å². The van der Waals surface area contributed by atoms with Crippen molar-refractivity contribution in [2.75, 3.05) is 18.4 Å². The van der Waals surface area contributed by atoms with Crippen LogP contribution in [0, 0.1) is 11.7 Å². The Morgan fingerprint density at radius 2 is 1.89 bits per heavy atom. The number of halogens is 1. The number of hydrogen-bond donors (Lipinski definition) is 1. The van der Waals surface area contributed by atoms with E-state index in [1.807, 2.05) is 38.1 Å². The zero-order valence-corrected chi connectivity index (χ0v) is 16.0. The number of nitrogens with zero attached hydrogens (tertiary/aromatic N) is 1. The van der Waals surface area contributed by atoms with E-state index in [0.29, 0.717) is 0 Å². The summed E-state index contributed by atoms with van der Waals surface area (Å²) >= 11 is 0. The standard InChI is InChI=1S/C22H27FN2O2/c1-16(2)27-21-11-9-20(10-12-21)24-22(26)18-4-3-13-25(15-18)14-17-5-7-19(23)8-6-17/h5-12,16,18H,3-4,13-15H2,1-2H3,(H,24,26). The van der Waals surface area contributed by atoms with E-state index in [-0.39, 0.29) is 23.7 Å². The molecule has 5 heteroatoms. The van der Waals surface area contributed by atoms with Gasteiger partial charge in [0.05, 0.1) is 12.0 Å². The molecule has 1 aliphatic heterocycles. The molecule has 0 spiro atoms. The smallest absolute Gasteiger partial charge is 0.228 e. The first-order valence-corrected chi connectivity index (χ1v) is 9.54. The summed E-state index contributed by atoms with van der Waals surface area (Å²) in [6, 6.07) is 14.1. The third kappa shape index (κ3) is 5.79. The summed E-state index contributed by atoms with van der Waals surface area (Å²) in [5, 5.41) is 3.01. The average Bonchev–Trinajstić information content (AvgIpc) is 2.65. The second-order valence-corrected chi connectivity index (χ2v) is 7.38. The molecule has 1 atom stereocenters. The molecular formula is C22H27FN2O2. The zero-order chi connectivity index (χ0) is 19.2. The molecule has 0 bridgehead atoms. The van der Waals surface area contributed by atoms with E-state index in [1.165, 1.54) is 12.1 Å². The lowest BCUT2D eigenvalue weighted by atomic mass is 9.96. The van der Waals surface area contributed by atoms with Crippen molar-refractivity contribution in [1.82, 2.24) is 4.90 Å². The van der Waals surface area contributed by atoms with E-state index in [4.69, 9.17) is 4.74 Å². The van der Waals surface area contributed by atoms with E-state index >= 15 is 0 Å². The van der Waals surface area contributed by atoms with E-state index in [0.717, 1.165) is 49.5 Å². The highest BCUT2D eigenvalue weighted by atomic mass is 19.1. The molecule has 0 aromatic heterocycles. The molecule has 1 heterocycles. The van der Waals surface area contributed by atoms with Crippen LogP contribution in [-0.4, -0.2) is 30.0 Å². The zero-order valence-electron chi connectivity index (χ0n) is 16.0. The van der Waals surface area contributed by atoms with Crippen molar-refractivity contribution in [2.45, 2.75) is 39.3 Å². The van der Waals surface area contributed by atoms with Crippen molar-refractivity contribution >= 4 is 11.6 Å². The number of benzene rings is 2. The molecule has 1 amide bonds. The van der Waals surface area contributed by atoms with Gasteiger partial charge in [0, 0.05) is 18.8 Å². The molecule has 144 valence electrons. The molecule has 4 nitrogen and oxygen atoms in total. The van der Waals surface area contributed by atoms with Gasteiger partial charge in [-0.3, -0.25) is 9.69 Å². The quantitative estimate of drug-likeness (QED) is 0.816. The molecule has 3 rings (SSSR count). The number of nitrogens with one attached hydrogen (secondary N) is 1. The number of piperidine rings is 1. The van der Waals surface area contributed by atoms with E-state index in [9.17, 15) is 9.18 Å². The van der Waals surface area contributed by atoms with Crippen LogP contribution in [0.3, 0.4) is 0 Å². The van der Waals surface area contributed by atoms with Gasteiger partial charge >= 0.3 is 0 Å². The Labute approximate surface area is 160 Å². The van der Waals surface area contributed by atoms with Gasteiger partial charge in [0.2, 0.25) is 5.91 Å². The Morgan fingerprint density at radius 3 is 2.56 bits per heavy atom. The van der Waals surface area contributed by atoms with Crippen LogP contribution in [0.2, 0.25) is 0 Å². The fraction of sp³-hybridized carbons (Fsp3) is 0.409. The maximum atomic E-state index is 13.1. The number of rotatable bonds is 6. The number of hydrogen-bond acceptors (Lipinski definition) is 3. The molecule has 1 saturated heterocycles. The number of anilines is 1.